The fraction of sp³-hybridized carbons (Fsp3) is 0.600. The van der Waals surface area contributed by atoms with Crippen LogP contribution in [0.15, 0.2) is 22.7 Å². The first-order valence-corrected chi connectivity index (χ1v) is 7.42. The summed E-state index contributed by atoms with van der Waals surface area (Å²) in [6.07, 6.45) is 0. The van der Waals surface area contributed by atoms with E-state index in [0.717, 1.165) is 10.0 Å². The fourth-order valence-corrected chi connectivity index (χ4v) is 3.22. The molecule has 0 aromatic heterocycles. The van der Waals surface area contributed by atoms with Gasteiger partial charge in [-0.15, -0.1) is 0 Å². The molecule has 0 saturated heterocycles. The van der Waals surface area contributed by atoms with Crippen LogP contribution in [0.2, 0.25) is 0 Å². The van der Waals surface area contributed by atoms with Crippen molar-refractivity contribution in [2.24, 2.45) is 10.8 Å². The van der Waals surface area contributed by atoms with Gasteiger partial charge < -0.3 is 10.1 Å². The van der Waals surface area contributed by atoms with E-state index in [9.17, 15) is 8.78 Å². The largest absolute Gasteiger partial charge is 0.434 e. The van der Waals surface area contributed by atoms with Crippen molar-refractivity contribution in [1.29, 1.82) is 0 Å². The SMILES string of the molecule is CC1(C)C(NCc2cc(Br)ccc2OC(F)F)C1(C)C. The van der Waals surface area contributed by atoms with E-state index in [-0.39, 0.29) is 16.6 Å². The number of nitrogens with one attached hydrogen (secondary N) is 1. The summed E-state index contributed by atoms with van der Waals surface area (Å²) in [4.78, 5) is 0. The molecule has 1 aliphatic carbocycles. The van der Waals surface area contributed by atoms with Crippen LogP contribution >= 0.6 is 15.9 Å². The van der Waals surface area contributed by atoms with Gasteiger partial charge in [-0.05, 0) is 29.0 Å². The van der Waals surface area contributed by atoms with Crippen LogP contribution in [0, 0.1) is 10.8 Å². The van der Waals surface area contributed by atoms with E-state index in [1.165, 1.54) is 0 Å². The Hall–Kier alpha value is -0.680. The summed E-state index contributed by atoms with van der Waals surface area (Å²) in [5.41, 5.74) is 1.16. The molecule has 2 nitrogen and oxygen atoms in total. The van der Waals surface area contributed by atoms with Crippen molar-refractivity contribution in [1.82, 2.24) is 5.32 Å². The van der Waals surface area contributed by atoms with Gasteiger partial charge in [-0.25, -0.2) is 0 Å². The second-order valence-electron chi connectivity index (χ2n) is 6.39. The third-order valence-electron chi connectivity index (χ3n) is 4.76. The molecule has 1 fully saturated rings. The maximum absolute atomic E-state index is 12.4. The van der Waals surface area contributed by atoms with Crippen LogP contribution in [0.5, 0.6) is 5.75 Å². The summed E-state index contributed by atoms with van der Waals surface area (Å²) in [5.74, 6) is 0.229. The minimum absolute atomic E-state index is 0.211. The third kappa shape index (κ3) is 2.84. The molecule has 0 spiro atoms. The van der Waals surface area contributed by atoms with Crippen LogP contribution in [0.3, 0.4) is 0 Å². The van der Waals surface area contributed by atoms with Crippen LogP contribution in [0.1, 0.15) is 33.3 Å². The molecular formula is C15H20BrF2NO. The number of halogens is 3. The molecule has 0 amide bonds. The summed E-state index contributed by atoms with van der Waals surface area (Å²) in [7, 11) is 0. The summed E-state index contributed by atoms with van der Waals surface area (Å²) in [6, 6.07) is 5.45. The molecule has 2 rings (SSSR count). The van der Waals surface area contributed by atoms with Crippen LogP contribution < -0.4 is 10.1 Å². The number of ether oxygens (including phenoxy) is 1. The zero-order chi connectivity index (χ0) is 15.1. The Morgan fingerprint density at radius 2 is 1.85 bits per heavy atom. The number of benzene rings is 1. The van der Waals surface area contributed by atoms with E-state index >= 15 is 0 Å². The summed E-state index contributed by atoms with van der Waals surface area (Å²) >= 11 is 3.36. The van der Waals surface area contributed by atoms with Crippen molar-refractivity contribution >= 4 is 15.9 Å². The second-order valence-corrected chi connectivity index (χ2v) is 7.30. The molecule has 1 N–H and O–H groups in total. The van der Waals surface area contributed by atoms with Crippen molar-refractivity contribution in [3.8, 4) is 5.75 Å². The zero-order valence-corrected chi connectivity index (χ0v) is 13.7. The van der Waals surface area contributed by atoms with Gasteiger partial charge in [0.15, 0.2) is 0 Å². The zero-order valence-electron chi connectivity index (χ0n) is 12.1. The lowest BCUT2D eigenvalue weighted by Crippen LogP contribution is -2.22. The molecule has 1 saturated carbocycles. The first-order chi connectivity index (χ1) is 9.16. The van der Waals surface area contributed by atoms with Crippen molar-refractivity contribution in [2.45, 2.75) is 46.9 Å². The Morgan fingerprint density at radius 3 is 2.35 bits per heavy atom. The highest BCUT2D eigenvalue weighted by Crippen LogP contribution is 2.62. The molecule has 5 heteroatoms. The van der Waals surface area contributed by atoms with Gasteiger partial charge in [-0.2, -0.15) is 8.78 Å². The van der Waals surface area contributed by atoms with Crippen LogP contribution in [-0.4, -0.2) is 12.7 Å². The molecule has 0 aliphatic heterocycles. The lowest BCUT2D eigenvalue weighted by Gasteiger charge is -2.13. The van der Waals surface area contributed by atoms with Gasteiger partial charge in [-0.1, -0.05) is 43.6 Å². The molecular weight excluding hydrogens is 328 g/mol. The molecule has 112 valence electrons. The van der Waals surface area contributed by atoms with Crippen molar-refractivity contribution < 1.29 is 13.5 Å². The van der Waals surface area contributed by atoms with Gasteiger partial charge in [0.1, 0.15) is 5.75 Å². The number of hydrogen-bond acceptors (Lipinski definition) is 2. The van der Waals surface area contributed by atoms with Gasteiger partial charge in [-0.3, -0.25) is 0 Å². The lowest BCUT2D eigenvalue weighted by atomic mass is 10.0. The average molecular weight is 348 g/mol. The predicted molar refractivity (Wildman–Crippen MR) is 79.0 cm³/mol. The van der Waals surface area contributed by atoms with E-state index in [4.69, 9.17) is 0 Å². The topological polar surface area (TPSA) is 21.3 Å². The van der Waals surface area contributed by atoms with Crippen molar-refractivity contribution in [3.63, 3.8) is 0 Å². The van der Waals surface area contributed by atoms with E-state index in [1.54, 1.807) is 12.1 Å². The van der Waals surface area contributed by atoms with E-state index in [1.807, 2.05) is 6.07 Å². The highest BCUT2D eigenvalue weighted by atomic mass is 79.9. The summed E-state index contributed by atoms with van der Waals surface area (Å²) in [6.45, 7) is 6.55. The number of rotatable bonds is 5. The van der Waals surface area contributed by atoms with E-state index in [2.05, 4.69) is 53.7 Å². The highest BCUT2D eigenvalue weighted by Gasteiger charge is 2.64. The Morgan fingerprint density at radius 1 is 1.25 bits per heavy atom. The molecule has 0 radical (unpaired) electrons. The van der Waals surface area contributed by atoms with Crippen LogP contribution in [0.4, 0.5) is 8.78 Å². The van der Waals surface area contributed by atoms with E-state index in [0.29, 0.717) is 12.6 Å². The summed E-state index contributed by atoms with van der Waals surface area (Å²) in [5, 5.41) is 3.45. The molecule has 0 unspecified atom stereocenters. The number of hydrogen-bond donors (Lipinski definition) is 1. The minimum Gasteiger partial charge on any atom is -0.434 e. The van der Waals surface area contributed by atoms with Gasteiger partial charge in [0.05, 0.1) is 0 Å². The summed E-state index contributed by atoms with van der Waals surface area (Å²) < 4.78 is 30.2. The van der Waals surface area contributed by atoms with Crippen LogP contribution in [0.25, 0.3) is 0 Å². The van der Waals surface area contributed by atoms with Crippen LogP contribution in [-0.2, 0) is 6.54 Å². The van der Waals surface area contributed by atoms with Gasteiger partial charge >= 0.3 is 6.61 Å². The Kier molecular flexibility index (Phi) is 4.13. The maximum Gasteiger partial charge on any atom is 0.387 e. The monoisotopic (exact) mass is 347 g/mol. The Balaban J connectivity index is 2.08. The molecule has 0 bridgehead atoms. The third-order valence-corrected chi connectivity index (χ3v) is 5.25. The normalized spacial score (nSPS) is 20.2. The van der Waals surface area contributed by atoms with Gasteiger partial charge in [0.2, 0.25) is 0 Å². The second kappa shape index (κ2) is 5.26. The smallest absolute Gasteiger partial charge is 0.387 e. The Bertz CT molecular complexity index is 489. The van der Waals surface area contributed by atoms with E-state index < -0.39 is 6.61 Å². The molecule has 1 aromatic rings. The average Bonchev–Trinajstić information content (AvgIpc) is 2.70. The first-order valence-electron chi connectivity index (χ1n) is 6.63. The standard InChI is InChI=1S/C15H20BrF2NO/c1-14(2)12(15(14,3)4)19-8-9-7-10(16)5-6-11(9)20-13(17)18/h5-7,12-13,19H,8H2,1-4H3. The molecule has 0 atom stereocenters. The first kappa shape index (κ1) is 15.7. The number of alkyl halides is 2. The van der Waals surface area contributed by atoms with Gasteiger partial charge in [0, 0.05) is 22.6 Å². The molecule has 1 aliphatic rings. The van der Waals surface area contributed by atoms with Crippen molar-refractivity contribution in [2.75, 3.05) is 0 Å². The lowest BCUT2D eigenvalue weighted by molar-refractivity contribution is -0.0505. The molecule has 20 heavy (non-hydrogen) atoms. The fourth-order valence-electron chi connectivity index (χ4n) is 2.82. The Labute approximate surface area is 127 Å². The maximum atomic E-state index is 12.4. The van der Waals surface area contributed by atoms with Gasteiger partial charge in [0.25, 0.3) is 0 Å². The highest BCUT2D eigenvalue weighted by molar-refractivity contribution is 9.10. The van der Waals surface area contributed by atoms with Crippen molar-refractivity contribution in [3.05, 3.63) is 28.2 Å². The minimum atomic E-state index is -2.80. The quantitative estimate of drug-likeness (QED) is 0.841. The predicted octanol–water partition coefficient (Wildman–Crippen LogP) is 4.57. The molecule has 0 heterocycles. The molecule has 1 aromatic carbocycles.